The molecular weight excluding hydrogens is 180 g/mol. The van der Waals surface area contributed by atoms with Gasteiger partial charge in [-0.1, -0.05) is 48.4 Å². The van der Waals surface area contributed by atoms with Gasteiger partial charge in [0.15, 0.2) is 0 Å². The van der Waals surface area contributed by atoms with Crippen LogP contribution in [0.3, 0.4) is 0 Å². The molecule has 2 rings (SSSR count). The number of aryl methyl sites for hydroxylation is 1. The van der Waals surface area contributed by atoms with Crippen LogP contribution in [-0.2, 0) is 0 Å². The van der Waals surface area contributed by atoms with Crippen molar-refractivity contribution >= 4 is 0 Å². The second-order valence-corrected chi connectivity index (χ2v) is 4.98. The van der Waals surface area contributed by atoms with E-state index in [0.29, 0.717) is 0 Å². The predicted octanol–water partition coefficient (Wildman–Crippen LogP) is 4.45. The number of benzene rings is 1. The molecule has 0 bridgehead atoms. The Bertz CT molecular complexity index is 356. The van der Waals surface area contributed by atoms with E-state index in [-0.39, 0.29) is 0 Å². The summed E-state index contributed by atoms with van der Waals surface area (Å²) >= 11 is 0. The molecule has 0 radical (unpaired) electrons. The van der Waals surface area contributed by atoms with Gasteiger partial charge in [-0.2, -0.15) is 0 Å². The highest BCUT2D eigenvalue weighted by atomic mass is 14.3. The molecule has 1 aromatic carbocycles. The maximum absolute atomic E-state index is 2.40. The SMILES string of the molecule is CC1=CC[C@@H](C)[C@H](c2ccc(C)cc2)C1. The van der Waals surface area contributed by atoms with Gasteiger partial charge in [0.05, 0.1) is 0 Å². The summed E-state index contributed by atoms with van der Waals surface area (Å²) in [4.78, 5) is 0. The highest BCUT2D eigenvalue weighted by Crippen LogP contribution is 2.37. The van der Waals surface area contributed by atoms with Crippen molar-refractivity contribution in [2.75, 3.05) is 0 Å². The van der Waals surface area contributed by atoms with E-state index in [9.17, 15) is 0 Å². The summed E-state index contributed by atoms with van der Waals surface area (Å²) in [5.41, 5.74) is 4.42. The first-order valence-electron chi connectivity index (χ1n) is 5.89. The van der Waals surface area contributed by atoms with Crippen molar-refractivity contribution in [3.63, 3.8) is 0 Å². The standard InChI is InChI=1S/C15H20/c1-11-5-8-14(9-6-11)15-10-12(2)4-7-13(15)3/h4-6,8-9,13,15H,7,10H2,1-3H3/t13-,15-/m1/s1. The topological polar surface area (TPSA) is 0 Å². The van der Waals surface area contributed by atoms with Crippen LogP contribution in [0.2, 0.25) is 0 Å². The van der Waals surface area contributed by atoms with E-state index >= 15 is 0 Å². The third-order valence-corrected chi connectivity index (χ3v) is 3.57. The van der Waals surface area contributed by atoms with E-state index in [1.807, 2.05) is 0 Å². The van der Waals surface area contributed by atoms with Gasteiger partial charge in [-0.15, -0.1) is 0 Å². The Morgan fingerprint density at radius 3 is 2.40 bits per heavy atom. The molecule has 1 aliphatic rings. The van der Waals surface area contributed by atoms with E-state index in [1.165, 1.54) is 24.0 Å². The summed E-state index contributed by atoms with van der Waals surface area (Å²) in [5.74, 6) is 1.52. The molecule has 0 heterocycles. The molecular formula is C15H20. The molecule has 0 nitrogen and oxygen atoms in total. The zero-order chi connectivity index (χ0) is 10.8. The lowest BCUT2D eigenvalue weighted by atomic mass is 9.77. The average Bonchev–Trinajstić information content (AvgIpc) is 2.23. The fraction of sp³-hybridized carbons (Fsp3) is 0.467. The lowest BCUT2D eigenvalue weighted by Gasteiger charge is -2.28. The Kier molecular flexibility index (Phi) is 2.95. The van der Waals surface area contributed by atoms with Crippen LogP contribution in [-0.4, -0.2) is 0 Å². The molecule has 0 aliphatic heterocycles. The minimum Gasteiger partial charge on any atom is -0.0853 e. The summed E-state index contributed by atoms with van der Waals surface area (Å²) in [5, 5.41) is 0. The minimum atomic E-state index is 0.732. The third kappa shape index (κ3) is 2.31. The summed E-state index contributed by atoms with van der Waals surface area (Å²) in [6.45, 7) is 6.78. The maximum Gasteiger partial charge on any atom is -0.00962 e. The van der Waals surface area contributed by atoms with E-state index in [1.54, 1.807) is 5.57 Å². The van der Waals surface area contributed by atoms with Crippen LogP contribution in [0.1, 0.15) is 43.7 Å². The van der Waals surface area contributed by atoms with Crippen molar-refractivity contribution in [2.45, 2.75) is 39.5 Å². The van der Waals surface area contributed by atoms with Crippen LogP contribution in [0.5, 0.6) is 0 Å². The molecule has 1 aliphatic carbocycles. The number of hydrogen-bond donors (Lipinski definition) is 0. The Labute approximate surface area is 93.0 Å². The number of allylic oxidation sites excluding steroid dienone is 2. The lowest BCUT2D eigenvalue weighted by Crippen LogP contribution is -2.13. The molecule has 0 unspecified atom stereocenters. The van der Waals surface area contributed by atoms with Crippen LogP contribution < -0.4 is 0 Å². The summed E-state index contributed by atoms with van der Waals surface area (Å²) < 4.78 is 0. The van der Waals surface area contributed by atoms with Crippen molar-refractivity contribution in [1.29, 1.82) is 0 Å². The Balaban J connectivity index is 2.23. The van der Waals surface area contributed by atoms with Gasteiger partial charge in [0.2, 0.25) is 0 Å². The zero-order valence-corrected chi connectivity index (χ0v) is 9.96. The monoisotopic (exact) mass is 200 g/mol. The van der Waals surface area contributed by atoms with E-state index in [2.05, 4.69) is 51.1 Å². The van der Waals surface area contributed by atoms with Crippen LogP contribution >= 0.6 is 0 Å². The van der Waals surface area contributed by atoms with Crippen molar-refractivity contribution < 1.29 is 0 Å². The van der Waals surface area contributed by atoms with Gasteiger partial charge in [0.1, 0.15) is 0 Å². The molecule has 0 fully saturated rings. The van der Waals surface area contributed by atoms with Crippen molar-refractivity contribution in [2.24, 2.45) is 5.92 Å². The van der Waals surface area contributed by atoms with Gasteiger partial charge in [-0.25, -0.2) is 0 Å². The van der Waals surface area contributed by atoms with E-state index in [4.69, 9.17) is 0 Å². The van der Waals surface area contributed by atoms with Crippen molar-refractivity contribution in [1.82, 2.24) is 0 Å². The molecule has 0 saturated heterocycles. The van der Waals surface area contributed by atoms with E-state index < -0.39 is 0 Å². The highest BCUT2D eigenvalue weighted by molar-refractivity contribution is 5.27. The molecule has 80 valence electrons. The quantitative estimate of drug-likeness (QED) is 0.587. The summed E-state index contributed by atoms with van der Waals surface area (Å²) in [7, 11) is 0. The molecule has 0 amide bonds. The van der Waals surface area contributed by atoms with Crippen LogP contribution in [0, 0.1) is 12.8 Å². The smallest absolute Gasteiger partial charge is 0.00962 e. The maximum atomic E-state index is 2.40. The first kappa shape index (κ1) is 10.5. The number of hydrogen-bond acceptors (Lipinski definition) is 0. The Hall–Kier alpha value is -1.04. The molecule has 0 heteroatoms. The lowest BCUT2D eigenvalue weighted by molar-refractivity contribution is 0.438. The van der Waals surface area contributed by atoms with Crippen LogP contribution in [0.4, 0.5) is 0 Å². The largest absolute Gasteiger partial charge is 0.0853 e. The molecule has 0 saturated carbocycles. The van der Waals surface area contributed by atoms with Crippen LogP contribution in [0.15, 0.2) is 35.9 Å². The Morgan fingerprint density at radius 1 is 1.07 bits per heavy atom. The summed E-state index contributed by atoms with van der Waals surface area (Å²) in [6.07, 6.45) is 4.88. The average molecular weight is 200 g/mol. The van der Waals surface area contributed by atoms with Gasteiger partial charge >= 0.3 is 0 Å². The van der Waals surface area contributed by atoms with Crippen LogP contribution in [0.25, 0.3) is 0 Å². The second-order valence-electron chi connectivity index (χ2n) is 4.98. The van der Waals surface area contributed by atoms with Crippen molar-refractivity contribution in [3.8, 4) is 0 Å². The van der Waals surface area contributed by atoms with Gasteiger partial charge in [0.25, 0.3) is 0 Å². The first-order valence-corrected chi connectivity index (χ1v) is 5.89. The first-order chi connectivity index (χ1) is 7.16. The van der Waals surface area contributed by atoms with Gasteiger partial charge < -0.3 is 0 Å². The fourth-order valence-electron chi connectivity index (χ4n) is 2.44. The van der Waals surface area contributed by atoms with Gasteiger partial charge in [-0.05, 0) is 44.1 Å². The minimum absolute atomic E-state index is 0.732. The summed E-state index contributed by atoms with van der Waals surface area (Å²) in [6, 6.07) is 9.07. The molecule has 2 atom stereocenters. The molecule has 0 N–H and O–H groups in total. The Morgan fingerprint density at radius 2 is 1.73 bits per heavy atom. The molecule has 15 heavy (non-hydrogen) atoms. The fourth-order valence-corrected chi connectivity index (χ4v) is 2.44. The molecule has 0 aromatic heterocycles. The normalized spacial score (nSPS) is 26.2. The third-order valence-electron chi connectivity index (χ3n) is 3.57. The highest BCUT2D eigenvalue weighted by Gasteiger charge is 2.22. The molecule has 1 aromatic rings. The molecule has 0 spiro atoms. The van der Waals surface area contributed by atoms with Gasteiger partial charge in [0, 0.05) is 0 Å². The van der Waals surface area contributed by atoms with Crippen molar-refractivity contribution in [3.05, 3.63) is 47.0 Å². The number of rotatable bonds is 1. The van der Waals surface area contributed by atoms with E-state index in [0.717, 1.165) is 11.8 Å². The predicted molar refractivity (Wildman–Crippen MR) is 66.1 cm³/mol. The second kappa shape index (κ2) is 4.22. The van der Waals surface area contributed by atoms with Gasteiger partial charge in [-0.3, -0.25) is 0 Å². The zero-order valence-electron chi connectivity index (χ0n) is 9.96.